The van der Waals surface area contributed by atoms with E-state index < -0.39 is 21.1 Å². The Kier molecular flexibility index (Phi) is 4.65. The number of alkyl halides is 1. The number of benzene rings is 2. The zero-order chi connectivity index (χ0) is 15.5. The maximum absolute atomic E-state index is 12.2. The number of halogens is 1. The molecule has 0 heterocycles. The molecule has 0 spiro atoms. The second kappa shape index (κ2) is 6.28. The van der Waals surface area contributed by atoms with Crippen LogP contribution in [0.15, 0.2) is 59.5 Å². The minimum Gasteiger partial charge on any atom is -0.323 e. The van der Waals surface area contributed by atoms with E-state index in [1.807, 2.05) is 6.07 Å². The van der Waals surface area contributed by atoms with Gasteiger partial charge < -0.3 is 5.32 Å². The quantitative estimate of drug-likeness (QED) is 0.880. The highest BCUT2D eigenvalue weighted by molar-refractivity contribution is 7.90. The first-order valence-electron chi connectivity index (χ1n) is 6.18. The van der Waals surface area contributed by atoms with E-state index in [4.69, 9.17) is 11.6 Å². The molecule has 110 valence electrons. The smallest absolute Gasteiger partial charge is 0.247 e. The first kappa shape index (κ1) is 15.5. The molecule has 1 N–H and O–H groups in total. The number of anilines is 1. The van der Waals surface area contributed by atoms with Gasteiger partial charge in [0.25, 0.3) is 0 Å². The Balaban J connectivity index is 2.25. The molecule has 1 atom stereocenters. The number of carbonyl (C=O) groups is 1. The van der Waals surface area contributed by atoms with E-state index in [1.165, 1.54) is 12.1 Å². The van der Waals surface area contributed by atoms with Crippen molar-refractivity contribution >= 4 is 33.0 Å². The van der Waals surface area contributed by atoms with Crippen molar-refractivity contribution in [3.05, 3.63) is 60.2 Å². The van der Waals surface area contributed by atoms with Crippen LogP contribution in [0, 0.1) is 0 Å². The van der Waals surface area contributed by atoms with Crippen LogP contribution in [-0.4, -0.2) is 20.6 Å². The van der Waals surface area contributed by atoms with Gasteiger partial charge in [0.05, 0.1) is 10.6 Å². The van der Waals surface area contributed by atoms with Crippen molar-refractivity contribution in [3.8, 4) is 0 Å². The molecule has 0 aliphatic carbocycles. The number of carbonyl (C=O) groups excluding carboxylic acids is 1. The van der Waals surface area contributed by atoms with E-state index in [0.29, 0.717) is 5.56 Å². The molecule has 0 aliphatic rings. The van der Waals surface area contributed by atoms with Crippen LogP contribution in [0.4, 0.5) is 5.69 Å². The summed E-state index contributed by atoms with van der Waals surface area (Å²) in [6.45, 7) is 0. The Labute approximate surface area is 128 Å². The van der Waals surface area contributed by atoms with Crippen molar-refractivity contribution in [2.45, 2.75) is 10.3 Å². The summed E-state index contributed by atoms with van der Waals surface area (Å²) in [5, 5.41) is 1.68. The second-order valence-corrected chi connectivity index (χ2v) is 6.95. The molecular weight excluding hydrogens is 310 g/mol. The molecule has 2 rings (SSSR count). The van der Waals surface area contributed by atoms with Gasteiger partial charge >= 0.3 is 0 Å². The van der Waals surface area contributed by atoms with Gasteiger partial charge in [-0.25, -0.2) is 8.42 Å². The summed E-state index contributed by atoms with van der Waals surface area (Å²) in [6.07, 6.45) is 1.09. The molecule has 0 fully saturated rings. The third kappa shape index (κ3) is 3.83. The molecule has 1 unspecified atom stereocenters. The van der Waals surface area contributed by atoms with E-state index in [0.717, 1.165) is 6.26 Å². The molecule has 0 aliphatic heterocycles. The number of hydrogen-bond acceptors (Lipinski definition) is 3. The van der Waals surface area contributed by atoms with Crippen LogP contribution in [-0.2, 0) is 14.6 Å². The van der Waals surface area contributed by atoms with E-state index in [1.54, 1.807) is 36.4 Å². The molecule has 0 saturated heterocycles. The van der Waals surface area contributed by atoms with Crippen molar-refractivity contribution in [2.75, 3.05) is 11.6 Å². The van der Waals surface area contributed by atoms with Gasteiger partial charge in [-0.05, 0) is 17.7 Å². The fourth-order valence-corrected chi connectivity index (χ4v) is 2.91. The number of hydrogen-bond donors (Lipinski definition) is 1. The van der Waals surface area contributed by atoms with Crippen LogP contribution >= 0.6 is 11.6 Å². The third-order valence-electron chi connectivity index (χ3n) is 2.87. The average molecular weight is 324 g/mol. The summed E-state index contributed by atoms with van der Waals surface area (Å²) in [7, 11) is -3.43. The summed E-state index contributed by atoms with van der Waals surface area (Å²) in [4.78, 5) is 12.2. The maximum atomic E-state index is 12.2. The minimum atomic E-state index is -3.43. The van der Waals surface area contributed by atoms with Crippen molar-refractivity contribution < 1.29 is 13.2 Å². The Morgan fingerprint density at radius 2 is 1.62 bits per heavy atom. The third-order valence-corrected chi connectivity index (χ3v) is 4.47. The number of rotatable bonds is 4. The number of para-hydroxylation sites is 1. The Hall–Kier alpha value is -1.85. The molecule has 21 heavy (non-hydrogen) atoms. The SMILES string of the molecule is CS(=O)(=O)c1ccccc1NC(=O)C(Cl)c1ccccc1. The highest BCUT2D eigenvalue weighted by Crippen LogP contribution is 2.25. The van der Waals surface area contributed by atoms with Gasteiger partial charge in [-0.2, -0.15) is 0 Å². The fraction of sp³-hybridized carbons (Fsp3) is 0.133. The molecule has 2 aromatic rings. The van der Waals surface area contributed by atoms with E-state index >= 15 is 0 Å². The van der Waals surface area contributed by atoms with E-state index in [2.05, 4.69) is 5.32 Å². The molecule has 0 radical (unpaired) electrons. The highest BCUT2D eigenvalue weighted by atomic mass is 35.5. The molecule has 1 amide bonds. The zero-order valence-corrected chi connectivity index (χ0v) is 12.9. The number of nitrogens with one attached hydrogen (secondary N) is 1. The average Bonchev–Trinajstić information content (AvgIpc) is 2.47. The number of amides is 1. The molecule has 2 aromatic carbocycles. The Morgan fingerprint density at radius 3 is 2.24 bits per heavy atom. The molecule has 0 bridgehead atoms. The Morgan fingerprint density at radius 1 is 1.05 bits per heavy atom. The van der Waals surface area contributed by atoms with Crippen molar-refractivity contribution in [3.63, 3.8) is 0 Å². The zero-order valence-electron chi connectivity index (χ0n) is 11.3. The van der Waals surface area contributed by atoms with E-state index in [9.17, 15) is 13.2 Å². The van der Waals surface area contributed by atoms with Crippen LogP contribution in [0.2, 0.25) is 0 Å². The summed E-state index contributed by atoms with van der Waals surface area (Å²) in [5.41, 5.74) is 0.875. The summed E-state index contributed by atoms with van der Waals surface area (Å²) in [6, 6.07) is 15.1. The van der Waals surface area contributed by atoms with Crippen molar-refractivity contribution in [1.29, 1.82) is 0 Å². The molecule has 4 nitrogen and oxygen atoms in total. The lowest BCUT2D eigenvalue weighted by atomic mass is 10.1. The maximum Gasteiger partial charge on any atom is 0.247 e. The van der Waals surface area contributed by atoms with E-state index in [-0.39, 0.29) is 10.6 Å². The summed E-state index contributed by atoms with van der Waals surface area (Å²) in [5.74, 6) is -0.473. The van der Waals surface area contributed by atoms with Crippen LogP contribution in [0.3, 0.4) is 0 Å². The lowest BCUT2D eigenvalue weighted by Gasteiger charge is -2.13. The lowest BCUT2D eigenvalue weighted by molar-refractivity contribution is -0.116. The molecule has 0 aromatic heterocycles. The van der Waals surface area contributed by atoms with Crippen LogP contribution in [0.1, 0.15) is 10.9 Å². The van der Waals surface area contributed by atoms with Gasteiger partial charge in [-0.3, -0.25) is 4.79 Å². The van der Waals surface area contributed by atoms with Crippen LogP contribution in [0.25, 0.3) is 0 Å². The van der Waals surface area contributed by atoms with Gasteiger partial charge in [0.1, 0.15) is 5.38 Å². The Bertz CT molecular complexity index is 745. The minimum absolute atomic E-state index is 0.0651. The van der Waals surface area contributed by atoms with Gasteiger partial charge in [0, 0.05) is 6.26 Å². The predicted molar refractivity (Wildman–Crippen MR) is 83.2 cm³/mol. The lowest BCUT2D eigenvalue weighted by Crippen LogP contribution is -2.18. The summed E-state index contributed by atoms with van der Waals surface area (Å²) < 4.78 is 23.4. The van der Waals surface area contributed by atoms with Crippen LogP contribution in [0.5, 0.6) is 0 Å². The van der Waals surface area contributed by atoms with Gasteiger partial charge in [0.2, 0.25) is 5.91 Å². The molecule has 0 saturated carbocycles. The fourth-order valence-electron chi connectivity index (χ4n) is 1.86. The predicted octanol–water partition coefficient (Wildman–Crippen LogP) is 3.01. The standard InChI is InChI=1S/C15H14ClNO3S/c1-21(19,20)13-10-6-5-9-12(13)17-15(18)14(16)11-7-3-2-4-8-11/h2-10,14H,1H3,(H,17,18). The van der Waals surface area contributed by atoms with Crippen molar-refractivity contribution in [1.82, 2.24) is 0 Å². The second-order valence-electron chi connectivity index (χ2n) is 4.53. The van der Waals surface area contributed by atoms with Gasteiger partial charge in [-0.15, -0.1) is 11.6 Å². The van der Waals surface area contributed by atoms with Crippen LogP contribution < -0.4 is 5.32 Å². The topological polar surface area (TPSA) is 63.2 Å². The first-order valence-corrected chi connectivity index (χ1v) is 8.51. The normalized spacial score (nSPS) is 12.7. The van der Waals surface area contributed by atoms with Gasteiger partial charge in [-0.1, -0.05) is 42.5 Å². The molecular formula is C15H14ClNO3S. The number of sulfone groups is 1. The van der Waals surface area contributed by atoms with Crippen molar-refractivity contribution in [2.24, 2.45) is 0 Å². The summed E-state index contributed by atoms with van der Waals surface area (Å²) >= 11 is 6.11. The van der Waals surface area contributed by atoms with Gasteiger partial charge in [0.15, 0.2) is 9.84 Å². The highest BCUT2D eigenvalue weighted by Gasteiger charge is 2.20. The monoisotopic (exact) mass is 323 g/mol. The molecule has 6 heteroatoms. The largest absolute Gasteiger partial charge is 0.323 e. The first-order chi connectivity index (χ1) is 9.89.